The minimum atomic E-state index is -0.582. The molecule has 2 amide bonds. The average Bonchev–Trinajstić information content (AvgIpc) is 3.02. The van der Waals surface area contributed by atoms with Gasteiger partial charge in [0.2, 0.25) is 0 Å². The second-order valence-electron chi connectivity index (χ2n) is 6.26. The van der Waals surface area contributed by atoms with Gasteiger partial charge in [0.15, 0.2) is 0 Å². The Bertz CT molecular complexity index is 500. The molecule has 5 nitrogen and oxygen atoms in total. The van der Waals surface area contributed by atoms with Gasteiger partial charge in [-0.25, -0.2) is 4.79 Å². The molecule has 0 aliphatic carbocycles. The van der Waals surface area contributed by atoms with Crippen LogP contribution in [-0.2, 0) is 0 Å². The molecule has 3 N–H and O–H groups in total. The third-order valence-corrected chi connectivity index (χ3v) is 4.17. The number of carbonyl (C=O) groups is 1. The molecule has 1 aromatic carbocycles. The number of hydrogen-bond acceptors (Lipinski definition) is 3. The topological polar surface area (TPSA) is 64.6 Å². The second kappa shape index (κ2) is 7.49. The van der Waals surface area contributed by atoms with Crippen LogP contribution in [0.2, 0.25) is 0 Å². The number of aliphatic hydroxyl groups excluding tert-OH is 1. The fourth-order valence-electron chi connectivity index (χ4n) is 2.97. The van der Waals surface area contributed by atoms with Gasteiger partial charge in [-0.1, -0.05) is 25.5 Å². The van der Waals surface area contributed by atoms with Crippen molar-refractivity contribution in [3.8, 4) is 0 Å². The number of rotatable bonds is 6. The lowest BCUT2D eigenvalue weighted by atomic mass is 9.98. The minimum Gasteiger partial charge on any atom is -0.394 e. The second-order valence-corrected chi connectivity index (χ2v) is 6.26. The summed E-state index contributed by atoms with van der Waals surface area (Å²) in [7, 11) is 0. The fraction of sp³-hybridized carbons (Fsp3) is 0.588. The fourth-order valence-corrected chi connectivity index (χ4v) is 2.97. The van der Waals surface area contributed by atoms with E-state index >= 15 is 0 Å². The highest BCUT2D eigenvalue weighted by molar-refractivity contribution is 5.93. The maximum absolute atomic E-state index is 12.3. The van der Waals surface area contributed by atoms with Crippen LogP contribution >= 0.6 is 0 Å². The monoisotopic (exact) mass is 305 g/mol. The molecule has 1 aliphatic heterocycles. The first-order valence-corrected chi connectivity index (χ1v) is 8.12. The van der Waals surface area contributed by atoms with Crippen molar-refractivity contribution in [1.82, 2.24) is 5.32 Å². The third kappa shape index (κ3) is 4.13. The quantitative estimate of drug-likeness (QED) is 0.757. The van der Waals surface area contributed by atoms with Gasteiger partial charge in [-0.2, -0.15) is 0 Å². The van der Waals surface area contributed by atoms with Gasteiger partial charge in [-0.3, -0.25) is 0 Å². The van der Waals surface area contributed by atoms with Crippen LogP contribution in [-0.4, -0.2) is 36.4 Å². The van der Waals surface area contributed by atoms with E-state index in [4.69, 9.17) is 0 Å². The van der Waals surface area contributed by atoms with Crippen LogP contribution in [0.3, 0.4) is 0 Å². The number of carbonyl (C=O) groups excluding carboxylic acids is 1. The molecule has 0 bridgehead atoms. The van der Waals surface area contributed by atoms with Crippen LogP contribution in [0.1, 0.15) is 39.5 Å². The molecule has 0 aromatic heterocycles. The van der Waals surface area contributed by atoms with Gasteiger partial charge in [-0.05, 0) is 38.3 Å². The van der Waals surface area contributed by atoms with Crippen molar-refractivity contribution in [2.45, 2.75) is 45.1 Å². The van der Waals surface area contributed by atoms with E-state index in [0.717, 1.165) is 37.3 Å². The molecule has 1 aromatic rings. The lowest BCUT2D eigenvalue weighted by Crippen LogP contribution is -2.50. The number of para-hydroxylation sites is 2. The summed E-state index contributed by atoms with van der Waals surface area (Å²) in [5.74, 6) is 0. The van der Waals surface area contributed by atoms with E-state index in [2.05, 4.69) is 15.5 Å². The molecule has 1 atom stereocenters. The molecule has 2 rings (SSSR count). The van der Waals surface area contributed by atoms with E-state index in [1.165, 1.54) is 12.8 Å². The summed E-state index contributed by atoms with van der Waals surface area (Å²) < 4.78 is 0. The van der Waals surface area contributed by atoms with Crippen molar-refractivity contribution < 1.29 is 9.90 Å². The Morgan fingerprint density at radius 1 is 1.32 bits per heavy atom. The molecule has 1 saturated heterocycles. The number of hydrogen-bond donors (Lipinski definition) is 3. The SMILES string of the molecule is CCCC(C)(CO)NC(=O)Nc1ccccc1N1CCCC1. The highest BCUT2D eigenvalue weighted by Gasteiger charge is 2.25. The molecule has 0 saturated carbocycles. The Labute approximate surface area is 132 Å². The number of nitrogens with one attached hydrogen (secondary N) is 2. The van der Waals surface area contributed by atoms with E-state index < -0.39 is 5.54 Å². The van der Waals surface area contributed by atoms with E-state index in [9.17, 15) is 9.90 Å². The first-order valence-electron chi connectivity index (χ1n) is 8.12. The molecule has 1 heterocycles. The van der Waals surface area contributed by atoms with Crippen molar-refractivity contribution >= 4 is 17.4 Å². The number of aliphatic hydroxyl groups is 1. The van der Waals surface area contributed by atoms with E-state index in [1.54, 1.807) is 0 Å². The summed E-state index contributed by atoms with van der Waals surface area (Å²) in [6.45, 7) is 5.90. The molecule has 1 unspecified atom stereocenters. The predicted molar refractivity (Wildman–Crippen MR) is 90.4 cm³/mol. The van der Waals surface area contributed by atoms with Gasteiger partial charge in [0, 0.05) is 13.1 Å². The Kier molecular flexibility index (Phi) is 5.66. The summed E-state index contributed by atoms with van der Waals surface area (Å²) in [5, 5.41) is 15.3. The van der Waals surface area contributed by atoms with Crippen LogP contribution in [0, 0.1) is 0 Å². The van der Waals surface area contributed by atoms with Gasteiger partial charge in [0.05, 0.1) is 23.5 Å². The average molecular weight is 305 g/mol. The molecular weight excluding hydrogens is 278 g/mol. The van der Waals surface area contributed by atoms with Crippen LogP contribution in [0.15, 0.2) is 24.3 Å². The number of urea groups is 1. The van der Waals surface area contributed by atoms with Gasteiger partial charge < -0.3 is 20.6 Å². The maximum atomic E-state index is 12.3. The van der Waals surface area contributed by atoms with Gasteiger partial charge in [0.25, 0.3) is 0 Å². The molecule has 0 spiro atoms. The number of amides is 2. The predicted octanol–water partition coefficient (Wildman–Crippen LogP) is 2.96. The minimum absolute atomic E-state index is 0.0674. The number of nitrogens with zero attached hydrogens (tertiary/aromatic N) is 1. The summed E-state index contributed by atoms with van der Waals surface area (Å²) in [5.41, 5.74) is 1.30. The Hall–Kier alpha value is -1.75. The van der Waals surface area contributed by atoms with Crippen LogP contribution in [0.25, 0.3) is 0 Å². The third-order valence-electron chi connectivity index (χ3n) is 4.17. The molecular formula is C17H27N3O2. The smallest absolute Gasteiger partial charge is 0.319 e. The van der Waals surface area contributed by atoms with Crippen molar-refractivity contribution in [1.29, 1.82) is 0 Å². The first kappa shape index (κ1) is 16.6. The summed E-state index contributed by atoms with van der Waals surface area (Å²) in [6, 6.07) is 7.61. The summed E-state index contributed by atoms with van der Waals surface area (Å²) in [4.78, 5) is 14.6. The van der Waals surface area contributed by atoms with Crippen LogP contribution in [0.5, 0.6) is 0 Å². The zero-order chi connectivity index (χ0) is 16.0. The van der Waals surface area contributed by atoms with Crippen LogP contribution < -0.4 is 15.5 Å². The summed E-state index contributed by atoms with van der Waals surface area (Å²) in [6.07, 6.45) is 4.03. The normalized spacial score (nSPS) is 17.1. The maximum Gasteiger partial charge on any atom is 0.319 e. The van der Waals surface area contributed by atoms with Crippen molar-refractivity contribution in [2.24, 2.45) is 0 Å². The van der Waals surface area contributed by atoms with Crippen molar-refractivity contribution in [2.75, 3.05) is 29.9 Å². The van der Waals surface area contributed by atoms with E-state index in [0.29, 0.717) is 0 Å². The molecule has 1 aliphatic rings. The van der Waals surface area contributed by atoms with Crippen LogP contribution in [0.4, 0.5) is 16.2 Å². The van der Waals surface area contributed by atoms with Gasteiger partial charge in [0.1, 0.15) is 0 Å². The standard InChI is InChI=1S/C17H27N3O2/c1-3-10-17(2,13-21)19-16(22)18-14-8-4-5-9-15(14)20-11-6-7-12-20/h4-5,8-9,21H,3,6-7,10-13H2,1-2H3,(H2,18,19,22). The highest BCUT2D eigenvalue weighted by atomic mass is 16.3. The molecule has 1 fully saturated rings. The Morgan fingerprint density at radius 3 is 2.64 bits per heavy atom. The number of benzene rings is 1. The largest absolute Gasteiger partial charge is 0.394 e. The van der Waals surface area contributed by atoms with Gasteiger partial charge in [-0.15, -0.1) is 0 Å². The molecule has 0 radical (unpaired) electrons. The van der Waals surface area contributed by atoms with E-state index in [-0.39, 0.29) is 12.6 Å². The lowest BCUT2D eigenvalue weighted by molar-refractivity contribution is 0.167. The highest BCUT2D eigenvalue weighted by Crippen LogP contribution is 2.28. The lowest BCUT2D eigenvalue weighted by Gasteiger charge is -2.29. The zero-order valence-electron chi connectivity index (χ0n) is 13.6. The first-order chi connectivity index (χ1) is 10.6. The van der Waals surface area contributed by atoms with Crippen molar-refractivity contribution in [3.63, 3.8) is 0 Å². The molecule has 22 heavy (non-hydrogen) atoms. The van der Waals surface area contributed by atoms with E-state index in [1.807, 2.05) is 38.1 Å². The Morgan fingerprint density at radius 2 is 2.00 bits per heavy atom. The Balaban J connectivity index is 2.05. The molecule has 122 valence electrons. The molecule has 5 heteroatoms. The van der Waals surface area contributed by atoms with Gasteiger partial charge >= 0.3 is 6.03 Å². The number of anilines is 2. The zero-order valence-corrected chi connectivity index (χ0v) is 13.6. The summed E-state index contributed by atoms with van der Waals surface area (Å²) >= 11 is 0. The van der Waals surface area contributed by atoms with Crippen molar-refractivity contribution in [3.05, 3.63) is 24.3 Å².